The number of nitrogens with two attached hydrogens (primary N) is 1. The molecule has 0 unspecified atom stereocenters. The molecule has 100 valence electrons. The summed E-state index contributed by atoms with van der Waals surface area (Å²) in [4.78, 5) is 13.3. The first-order chi connectivity index (χ1) is 9.06. The molecule has 1 aromatic heterocycles. The van der Waals surface area contributed by atoms with E-state index in [1.165, 1.54) is 0 Å². The number of nitrogen functional groups attached to an aromatic ring is 1. The second kappa shape index (κ2) is 5.78. The number of aryl methyl sites for hydroxylation is 3. The van der Waals surface area contributed by atoms with Gasteiger partial charge in [0.15, 0.2) is 0 Å². The lowest BCUT2D eigenvalue weighted by Crippen LogP contribution is -2.08. The Hall–Kier alpha value is -1.97. The molecule has 1 heterocycles. The highest BCUT2D eigenvalue weighted by Gasteiger charge is 2.08. The van der Waals surface area contributed by atoms with Crippen LogP contribution < -0.4 is 5.73 Å². The predicted octanol–water partition coefficient (Wildman–Crippen LogP) is 2.67. The number of rotatable bonds is 4. The van der Waals surface area contributed by atoms with Crippen molar-refractivity contribution in [2.45, 2.75) is 39.5 Å². The zero-order chi connectivity index (χ0) is 13.8. The fourth-order valence-corrected chi connectivity index (χ4v) is 1.94. The summed E-state index contributed by atoms with van der Waals surface area (Å²) in [7, 11) is 0. The molecule has 4 heteroatoms. The van der Waals surface area contributed by atoms with Gasteiger partial charge in [0.2, 0.25) is 0 Å². The second-order valence-corrected chi connectivity index (χ2v) is 5.01. The minimum absolute atomic E-state index is 0.322. The third-order valence-electron chi connectivity index (χ3n) is 3.00. The number of hydrogen-bond donors (Lipinski definition) is 1. The van der Waals surface area contributed by atoms with E-state index in [4.69, 9.17) is 5.73 Å². The SMILES string of the molecule is Cc1nc(CCc2ccccc2N)nc(C(C)C)n1. The van der Waals surface area contributed by atoms with Crippen LogP contribution in [-0.2, 0) is 12.8 Å². The lowest BCUT2D eigenvalue weighted by atomic mass is 10.1. The smallest absolute Gasteiger partial charge is 0.135 e. The second-order valence-electron chi connectivity index (χ2n) is 5.01. The van der Waals surface area contributed by atoms with Gasteiger partial charge in [-0.05, 0) is 25.0 Å². The summed E-state index contributed by atoms with van der Waals surface area (Å²) in [6.07, 6.45) is 1.64. The number of nitrogens with zero attached hydrogens (tertiary/aromatic N) is 3. The summed E-state index contributed by atoms with van der Waals surface area (Å²) in [6.45, 7) is 6.09. The molecule has 0 atom stereocenters. The molecule has 0 aliphatic heterocycles. The van der Waals surface area contributed by atoms with Crippen LogP contribution in [0.25, 0.3) is 0 Å². The summed E-state index contributed by atoms with van der Waals surface area (Å²) < 4.78 is 0. The monoisotopic (exact) mass is 256 g/mol. The minimum atomic E-state index is 0.322. The van der Waals surface area contributed by atoms with E-state index in [1.54, 1.807) is 0 Å². The average molecular weight is 256 g/mol. The van der Waals surface area contributed by atoms with E-state index in [0.29, 0.717) is 5.92 Å². The molecule has 0 saturated heterocycles. The fraction of sp³-hybridized carbons (Fsp3) is 0.400. The molecule has 0 aliphatic carbocycles. The molecule has 0 aliphatic rings. The Kier molecular flexibility index (Phi) is 4.10. The highest BCUT2D eigenvalue weighted by molar-refractivity contribution is 5.46. The van der Waals surface area contributed by atoms with E-state index in [9.17, 15) is 0 Å². The summed E-state index contributed by atoms with van der Waals surface area (Å²) in [6, 6.07) is 7.92. The van der Waals surface area contributed by atoms with Crippen LogP contribution in [0.15, 0.2) is 24.3 Å². The molecule has 1 aromatic carbocycles. The first-order valence-corrected chi connectivity index (χ1v) is 6.61. The van der Waals surface area contributed by atoms with Crippen LogP contribution in [0.1, 0.15) is 42.8 Å². The Morgan fingerprint density at radius 2 is 1.79 bits per heavy atom. The van der Waals surface area contributed by atoms with Gasteiger partial charge in [-0.15, -0.1) is 0 Å². The Morgan fingerprint density at radius 1 is 1.05 bits per heavy atom. The van der Waals surface area contributed by atoms with Crippen LogP contribution in [0.2, 0.25) is 0 Å². The molecule has 0 saturated carbocycles. The van der Waals surface area contributed by atoms with Crippen molar-refractivity contribution in [1.82, 2.24) is 15.0 Å². The number of para-hydroxylation sites is 1. The van der Waals surface area contributed by atoms with Gasteiger partial charge in [0.25, 0.3) is 0 Å². The van der Waals surface area contributed by atoms with Gasteiger partial charge in [0.1, 0.15) is 17.5 Å². The van der Waals surface area contributed by atoms with Crippen LogP contribution in [0.5, 0.6) is 0 Å². The molecule has 0 spiro atoms. The van der Waals surface area contributed by atoms with Crippen molar-refractivity contribution in [3.63, 3.8) is 0 Å². The molecule has 0 radical (unpaired) electrons. The maximum Gasteiger partial charge on any atom is 0.135 e. The molecular weight excluding hydrogens is 236 g/mol. The maximum atomic E-state index is 5.94. The van der Waals surface area contributed by atoms with E-state index < -0.39 is 0 Å². The van der Waals surface area contributed by atoms with Crippen molar-refractivity contribution in [3.05, 3.63) is 47.3 Å². The molecule has 2 aromatic rings. The number of aromatic nitrogens is 3. The average Bonchev–Trinajstić information content (AvgIpc) is 2.37. The normalized spacial score (nSPS) is 10.9. The molecular formula is C15H20N4. The number of hydrogen-bond acceptors (Lipinski definition) is 4. The summed E-state index contributed by atoms with van der Waals surface area (Å²) in [5.74, 6) is 2.82. The van der Waals surface area contributed by atoms with E-state index in [-0.39, 0.29) is 0 Å². The van der Waals surface area contributed by atoms with Gasteiger partial charge in [-0.1, -0.05) is 32.0 Å². The third kappa shape index (κ3) is 3.50. The highest BCUT2D eigenvalue weighted by Crippen LogP contribution is 2.14. The first-order valence-electron chi connectivity index (χ1n) is 6.61. The summed E-state index contributed by atoms with van der Waals surface area (Å²) in [5.41, 5.74) is 7.92. The van der Waals surface area contributed by atoms with Gasteiger partial charge >= 0.3 is 0 Å². The molecule has 2 rings (SSSR count). The Bertz CT molecular complexity index is 564. The number of benzene rings is 1. The fourth-order valence-electron chi connectivity index (χ4n) is 1.94. The standard InChI is InChI=1S/C15H20N4/c1-10(2)15-18-11(3)17-14(19-15)9-8-12-6-4-5-7-13(12)16/h4-7,10H,8-9,16H2,1-3H3. The summed E-state index contributed by atoms with van der Waals surface area (Å²) >= 11 is 0. The van der Waals surface area contributed by atoms with Crippen LogP contribution in [0, 0.1) is 6.92 Å². The van der Waals surface area contributed by atoms with Gasteiger partial charge in [-0.25, -0.2) is 15.0 Å². The van der Waals surface area contributed by atoms with Crippen molar-refractivity contribution in [3.8, 4) is 0 Å². The van der Waals surface area contributed by atoms with Gasteiger partial charge in [-0.2, -0.15) is 0 Å². The van der Waals surface area contributed by atoms with E-state index in [1.807, 2.05) is 31.2 Å². The molecule has 4 nitrogen and oxygen atoms in total. The molecule has 0 bridgehead atoms. The summed E-state index contributed by atoms with van der Waals surface area (Å²) in [5, 5.41) is 0. The van der Waals surface area contributed by atoms with Crippen molar-refractivity contribution < 1.29 is 0 Å². The Morgan fingerprint density at radius 3 is 2.47 bits per heavy atom. The zero-order valence-electron chi connectivity index (χ0n) is 11.7. The van der Waals surface area contributed by atoms with Crippen molar-refractivity contribution in [2.75, 3.05) is 5.73 Å². The third-order valence-corrected chi connectivity index (χ3v) is 3.00. The Balaban J connectivity index is 2.14. The predicted molar refractivity (Wildman–Crippen MR) is 76.9 cm³/mol. The van der Waals surface area contributed by atoms with Crippen molar-refractivity contribution in [2.24, 2.45) is 0 Å². The molecule has 19 heavy (non-hydrogen) atoms. The quantitative estimate of drug-likeness (QED) is 0.854. The lowest BCUT2D eigenvalue weighted by Gasteiger charge is -2.08. The largest absolute Gasteiger partial charge is 0.399 e. The topological polar surface area (TPSA) is 64.7 Å². The van der Waals surface area contributed by atoms with E-state index >= 15 is 0 Å². The van der Waals surface area contributed by atoms with Crippen molar-refractivity contribution in [1.29, 1.82) is 0 Å². The van der Waals surface area contributed by atoms with Crippen LogP contribution in [0.4, 0.5) is 5.69 Å². The minimum Gasteiger partial charge on any atom is -0.399 e. The molecule has 0 fully saturated rings. The lowest BCUT2D eigenvalue weighted by molar-refractivity contribution is 0.709. The zero-order valence-corrected chi connectivity index (χ0v) is 11.7. The molecule has 2 N–H and O–H groups in total. The van der Waals surface area contributed by atoms with Crippen molar-refractivity contribution >= 4 is 5.69 Å². The Labute approximate surface area is 114 Å². The highest BCUT2D eigenvalue weighted by atomic mass is 15.0. The van der Waals surface area contributed by atoms with Gasteiger partial charge in [-0.3, -0.25) is 0 Å². The van der Waals surface area contributed by atoms with Crippen LogP contribution in [0.3, 0.4) is 0 Å². The van der Waals surface area contributed by atoms with Crippen LogP contribution in [-0.4, -0.2) is 15.0 Å². The first kappa shape index (κ1) is 13.5. The van der Waals surface area contributed by atoms with Gasteiger partial charge in [0, 0.05) is 18.0 Å². The van der Waals surface area contributed by atoms with Gasteiger partial charge in [0.05, 0.1) is 0 Å². The van der Waals surface area contributed by atoms with E-state index in [2.05, 4.69) is 28.8 Å². The number of anilines is 1. The van der Waals surface area contributed by atoms with E-state index in [0.717, 1.165) is 41.6 Å². The maximum absolute atomic E-state index is 5.94. The van der Waals surface area contributed by atoms with Crippen LogP contribution >= 0.6 is 0 Å². The molecule has 0 amide bonds. The van der Waals surface area contributed by atoms with Gasteiger partial charge < -0.3 is 5.73 Å².